The van der Waals surface area contributed by atoms with Crippen LogP contribution in [-0.2, 0) is 48.2 Å². The van der Waals surface area contributed by atoms with Crippen LogP contribution in [0.5, 0.6) is 0 Å². The van der Waals surface area contributed by atoms with Gasteiger partial charge < -0.3 is 30.9 Å². The molecule has 0 spiro atoms. The molecule has 0 bridgehead atoms. The average molecular weight is 738 g/mol. The normalized spacial score (nSPS) is 23.8. The fourth-order valence-electron chi connectivity index (χ4n) is 7.29. The highest BCUT2D eigenvalue weighted by Crippen LogP contribution is 2.28. The first-order chi connectivity index (χ1) is 26.1. The zero-order chi connectivity index (χ0) is 38.5. The van der Waals surface area contributed by atoms with E-state index in [1.165, 1.54) is 4.90 Å². The lowest BCUT2D eigenvalue weighted by Gasteiger charge is -2.34. The first-order valence-electron chi connectivity index (χ1n) is 19.3. The Morgan fingerprint density at radius 3 is 1.70 bits per heavy atom. The first kappa shape index (κ1) is 40.2. The summed E-state index contributed by atoms with van der Waals surface area (Å²) >= 11 is 0. The van der Waals surface area contributed by atoms with Crippen molar-refractivity contribution in [2.24, 2.45) is 11.8 Å². The van der Waals surface area contributed by atoms with E-state index < -0.39 is 59.7 Å². The molecule has 1 heterocycles. The van der Waals surface area contributed by atoms with Crippen molar-refractivity contribution in [1.82, 2.24) is 26.2 Å². The summed E-state index contributed by atoms with van der Waals surface area (Å²) in [4.78, 5) is 72.8. The van der Waals surface area contributed by atoms with Gasteiger partial charge in [-0.1, -0.05) is 137 Å². The zero-order valence-electron chi connectivity index (χ0n) is 31.7. The molecular formula is C43H55N5O6. The molecule has 1 aliphatic carbocycles. The van der Waals surface area contributed by atoms with Crippen LogP contribution in [0.4, 0.5) is 0 Å². The molecule has 0 radical (unpaired) electrons. The summed E-state index contributed by atoms with van der Waals surface area (Å²) in [6, 6.07) is 22.9. The minimum atomic E-state index is -1.19. The van der Waals surface area contributed by atoms with Crippen LogP contribution in [0.3, 0.4) is 0 Å². The number of carbonyl (C=O) groups excluding carboxylic acids is 5. The number of ether oxygens (including phenoxy) is 1. The Morgan fingerprint density at radius 1 is 0.611 bits per heavy atom. The molecule has 1 aliphatic heterocycles. The fourth-order valence-corrected chi connectivity index (χ4v) is 7.29. The van der Waals surface area contributed by atoms with E-state index in [4.69, 9.17) is 4.74 Å². The summed E-state index contributed by atoms with van der Waals surface area (Å²) in [5, 5.41) is 11.7. The predicted molar refractivity (Wildman–Crippen MR) is 207 cm³/mol. The largest absolute Gasteiger partial charge is 0.374 e. The lowest BCUT2D eigenvalue weighted by Crippen LogP contribution is -2.59. The first-order valence-corrected chi connectivity index (χ1v) is 19.3. The van der Waals surface area contributed by atoms with Crippen molar-refractivity contribution in [2.45, 2.75) is 102 Å². The maximum atomic E-state index is 14.4. The third-order valence-electron chi connectivity index (χ3n) is 10.5. The van der Waals surface area contributed by atoms with Crippen molar-refractivity contribution in [3.05, 3.63) is 108 Å². The minimum Gasteiger partial charge on any atom is -0.374 e. The van der Waals surface area contributed by atoms with E-state index in [-0.39, 0.29) is 37.9 Å². The lowest BCUT2D eigenvalue weighted by atomic mass is 9.84. The van der Waals surface area contributed by atoms with Crippen LogP contribution in [0.15, 0.2) is 91.0 Å². The van der Waals surface area contributed by atoms with Crippen molar-refractivity contribution >= 4 is 29.5 Å². The number of benzene rings is 3. The Hall–Kier alpha value is -5.03. The predicted octanol–water partition coefficient (Wildman–Crippen LogP) is 4.09. The van der Waals surface area contributed by atoms with E-state index in [2.05, 4.69) is 21.3 Å². The lowest BCUT2D eigenvalue weighted by molar-refractivity contribution is -0.143. The molecule has 1 saturated heterocycles. The molecule has 2 fully saturated rings. The Labute approximate surface area is 319 Å². The summed E-state index contributed by atoms with van der Waals surface area (Å²) in [7, 11) is 1.56. The van der Waals surface area contributed by atoms with Crippen molar-refractivity contribution in [3.8, 4) is 0 Å². The fraction of sp³-hybridized carbons (Fsp3) is 0.465. The molecule has 54 heavy (non-hydrogen) atoms. The third kappa shape index (κ3) is 11.5. The van der Waals surface area contributed by atoms with Crippen molar-refractivity contribution in [1.29, 1.82) is 0 Å². The molecule has 11 heteroatoms. The molecule has 4 N–H and O–H groups in total. The highest BCUT2D eigenvalue weighted by Gasteiger charge is 2.38. The number of rotatable bonds is 11. The second-order valence-electron chi connectivity index (χ2n) is 15.0. The second kappa shape index (κ2) is 19.9. The van der Waals surface area contributed by atoms with Gasteiger partial charge in [-0.05, 0) is 34.9 Å². The Bertz CT molecular complexity index is 1680. The SMILES string of the molecule is CC(C)[C@@H]1NC(=O)[C@H](CC2CCCCC2)NC(=O)[C@H](COCc2ccccc2)NC(=O)[C@H](Cc2ccccc2)NC(=O)[C@@H](Cc2ccccc2)N(C)C1=O. The number of hydrogen-bond acceptors (Lipinski definition) is 6. The van der Waals surface area contributed by atoms with Crippen LogP contribution in [0.1, 0.15) is 69.1 Å². The molecule has 5 rings (SSSR count). The minimum absolute atomic E-state index is 0.131. The standard InChI is InChI=1S/C43H55N5O6/c1-29(2)38-43(53)48(3)37(26-32-20-12-6-13-21-32)42(52)45-34(24-30-16-8-4-9-17-30)39(49)46-36(28-54-27-33-22-14-7-15-23-33)41(51)44-35(40(50)47-38)25-31-18-10-5-11-19-31/h4,6-9,12-17,20-23,29,31,34-38H,5,10-11,18-19,24-28H2,1-3H3,(H,44,51)(H,45,52)(H,46,49)(H,47,50)/t34-,35-,36-,37+,38-/m0/s1. The number of nitrogens with one attached hydrogen (secondary N) is 4. The molecule has 3 aromatic carbocycles. The van der Waals surface area contributed by atoms with Gasteiger partial charge in [-0.2, -0.15) is 0 Å². The van der Waals surface area contributed by atoms with E-state index in [0.717, 1.165) is 48.8 Å². The number of likely N-dealkylation sites (N-methyl/N-ethyl adjacent to an activating group) is 1. The summed E-state index contributed by atoms with van der Waals surface area (Å²) in [5.41, 5.74) is 2.51. The molecule has 5 amide bonds. The van der Waals surface area contributed by atoms with E-state index in [0.29, 0.717) is 6.42 Å². The highest BCUT2D eigenvalue weighted by molar-refractivity contribution is 5.98. The Morgan fingerprint density at radius 2 is 1.11 bits per heavy atom. The molecule has 0 aromatic heterocycles. The van der Waals surface area contributed by atoms with Crippen LogP contribution >= 0.6 is 0 Å². The molecule has 2 aliphatic rings. The van der Waals surface area contributed by atoms with Gasteiger partial charge in [0, 0.05) is 19.9 Å². The van der Waals surface area contributed by atoms with E-state index in [1.54, 1.807) is 7.05 Å². The number of nitrogens with zero attached hydrogens (tertiary/aromatic N) is 1. The maximum Gasteiger partial charge on any atom is 0.245 e. The van der Waals surface area contributed by atoms with Gasteiger partial charge in [0.25, 0.3) is 0 Å². The second-order valence-corrected chi connectivity index (χ2v) is 15.0. The quantitative estimate of drug-likeness (QED) is 0.233. The molecule has 1 saturated carbocycles. The van der Waals surface area contributed by atoms with Crippen LogP contribution in [-0.4, -0.2) is 78.3 Å². The summed E-state index contributed by atoms with van der Waals surface area (Å²) in [6.07, 6.45) is 5.79. The van der Waals surface area contributed by atoms with Crippen molar-refractivity contribution < 1.29 is 28.7 Å². The number of carbonyl (C=O) groups is 5. The van der Waals surface area contributed by atoms with Crippen LogP contribution in [0.25, 0.3) is 0 Å². The number of hydrogen-bond donors (Lipinski definition) is 4. The van der Waals surface area contributed by atoms with Crippen LogP contribution < -0.4 is 21.3 Å². The van der Waals surface area contributed by atoms with Crippen LogP contribution in [0.2, 0.25) is 0 Å². The van der Waals surface area contributed by atoms with Gasteiger partial charge in [-0.25, -0.2) is 0 Å². The third-order valence-corrected chi connectivity index (χ3v) is 10.5. The maximum absolute atomic E-state index is 14.4. The van der Waals surface area contributed by atoms with Crippen molar-refractivity contribution in [2.75, 3.05) is 13.7 Å². The Kier molecular flexibility index (Phi) is 14.8. The van der Waals surface area contributed by atoms with Gasteiger partial charge in [-0.3, -0.25) is 24.0 Å². The summed E-state index contributed by atoms with van der Waals surface area (Å²) in [5.74, 6) is -2.76. The zero-order valence-corrected chi connectivity index (χ0v) is 31.7. The van der Waals surface area contributed by atoms with E-state index >= 15 is 0 Å². The smallest absolute Gasteiger partial charge is 0.245 e. The average Bonchev–Trinajstić information content (AvgIpc) is 3.18. The van der Waals surface area contributed by atoms with E-state index in [1.807, 2.05) is 105 Å². The molecule has 5 atom stereocenters. The van der Waals surface area contributed by atoms with Gasteiger partial charge in [0.15, 0.2) is 0 Å². The summed E-state index contributed by atoms with van der Waals surface area (Å²) < 4.78 is 6.00. The monoisotopic (exact) mass is 737 g/mol. The van der Waals surface area contributed by atoms with Gasteiger partial charge in [0.1, 0.15) is 30.2 Å². The molecule has 288 valence electrons. The van der Waals surface area contributed by atoms with Crippen molar-refractivity contribution in [3.63, 3.8) is 0 Å². The highest BCUT2D eigenvalue weighted by atomic mass is 16.5. The summed E-state index contributed by atoms with van der Waals surface area (Å²) in [6.45, 7) is 3.69. The number of amides is 5. The topological polar surface area (TPSA) is 146 Å². The van der Waals surface area contributed by atoms with Crippen LogP contribution in [0, 0.1) is 11.8 Å². The van der Waals surface area contributed by atoms with Gasteiger partial charge in [0.2, 0.25) is 29.5 Å². The molecular weight excluding hydrogens is 683 g/mol. The van der Waals surface area contributed by atoms with Gasteiger partial charge in [0.05, 0.1) is 13.2 Å². The molecule has 0 unspecified atom stereocenters. The van der Waals surface area contributed by atoms with Gasteiger partial charge in [-0.15, -0.1) is 0 Å². The van der Waals surface area contributed by atoms with E-state index in [9.17, 15) is 24.0 Å². The van der Waals surface area contributed by atoms with Gasteiger partial charge >= 0.3 is 0 Å². The Balaban J connectivity index is 1.53. The molecule has 3 aromatic rings. The molecule has 11 nitrogen and oxygen atoms in total.